The number of ether oxygens (including phenoxy) is 2. The SMILES string of the molecule is Cc1cc(C)c(OCCNCC2CCOC2)c(C)c1. The van der Waals surface area contributed by atoms with Gasteiger partial charge in [0, 0.05) is 19.7 Å². The van der Waals surface area contributed by atoms with E-state index in [0.717, 1.165) is 38.7 Å². The summed E-state index contributed by atoms with van der Waals surface area (Å²) >= 11 is 0. The third kappa shape index (κ3) is 4.22. The maximum absolute atomic E-state index is 5.89. The van der Waals surface area contributed by atoms with Crippen molar-refractivity contribution >= 4 is 0 Å². The highest BCUT2D eigenvalue weighted by Gasteiger charge is 2.14. The van der Waals surface area contributed by atoms with Crippen LogP contribution in [0.5, 0.6) is 5.75 Å². The lowest BCUT2D eigenvalue weighted by Gasteiger charge is -2.14. The first-order chi connectivity index (χ1) is 9.16. The minimum Gasteiger partial charge on any atom is -0.492 e. The second-order valence-corrected chi connectivity index (χ2v) is 5.51. The van der Waals surface area contributed by atoms with Crippen molar-refractivity contribution in [2.75, 3.05) is 32.9 Å². The van der Waals surface area contributed by atoms with E-state index in [0.29, 0.717) is 5.92 Å². The van der Waals surface area contributed by atoms with Gasteiger partial charge in [0.1, 0.15) is 12.4 Å². The van der Waals surface area contributed by atoms with Crippen LogP contribution in [0.2, 0.25) is 0 Å². The Morgan fingerprint density at radius 1 is 1.26 bits per heavy atom. The first-order valence-corrected chi connectivity index (χ1v) is 7.16. The van der Waals surface area contributed by atoms with Gasteiger partial charge in [-0.1, -0.05) is 17.7 Å². The van der Waals surface area contributed by atoms with Crippen molar-refractivity contribution in [2.24, 2.45) is 5.92 Å². The largest absolute Gasteiger partial charge is 0.492 e. The topological polar surface area (TPSA) is 30.5 Å². The zero-order chi connectivity index (χ0) is 13.7. The highest BCUT2D eigenvalue weighted by molar-refractivity contribution is 5.42. The molecule has 106 valence electrons. The summed E-state index contributed by atoms with van der Waals surface area (Å²) in [6, 6.07) is 4.34. The lowest BCUT2D eigenvalue weighted by atomic mass is 10.1. The van der Waals surface area contributed by atoms with Gasteiger partial charge in [-0.15, -0.1) is 0 Å². The quantitative estimate of drug-likeness (QED) is 0.800. The average Bonchev–Trinajstić information content (AvgIpc) is 2.84. The zero-order valence-corrected chi connectivity index (χ0v) is 12.3. The number of rotatable bonds is 6. The molecule has 0 radical (unpaired) electrons. The molecule has 3 nitrogen and oxygen atoms in total. The van der Waals surface area contributed by atoms with Crippen molar-refractivity contribution in [1.82, 2.24) is 5.32 Å². The second-order valence-electron chi connectivity index (χ2n) is 5.51. The fourth-order valence-electron chi connectivity index (χ4n) is 2.67. The van der Waals surface area contributed by atoms with E-state index in [4.69, 9.17) is 9.47 Å². The molecule has 0 aromatic heterocycles. The van der Waals surface area contributed by atoms with E-state index in [1.807, 2.05) is 0 Å². The van der Waals surface area contributed by atoms with Gasteiger partial charge in [-0.2, -0.15) is 0 Å². The Kier molecular flexibility index (Phi) is 5.23. The zero-order valence-electron chi connectivity index (χ0n) is 12.3. The summed E-state index contributed by atoms with van der Waals surface area (Å²) in [5, 5.41) is 3.44. The molecule has 3 heteroatoms. The third-order valence-electron chi connectivity index (χ3n) is 3.59. The number of hydrogen-bond donors (Lipinski definition) is 1. The van der Waals surface area contributed by atoms with Gasteiger partial charge < -0.3 is 14.8 Å². The van der Waals surface area contributed by atoms with Crippen molar-refractivity contribution < 1.29 is 9.47 Å². The summed E-state index contributed by atoms with van der Waals surface area (Å²) in [5.74, 6) is 1.72. The first kappa shape index (κ1) is 14.4. The summed E-state index contributed by atoms with van der Waals surface area (Å²) < 4.78 is 11.2. The molecular weight excluding hydrogens is 238 g/mol. The van der Waals surface area contributed by atoms with Crippen molar-refractivity contribution in [2.45, 2.75) is 27.2 Å². The van der Waals surface area contributed by atoms with Gasteiger partial charge in [-0.25, -0.2) is 0 Å². The van der Waals surface area contributed by atoms with Crippen LogP contribution in [0.15, 0.2) is 12.1 Å². The number of hydrogen-bond acceptors (Lipinski definition) is 3. The highest BCUT2D eigenvalue weighted by Crippen LogP contribution is 2.24. The van der Waals surface area contributed by atoms with Crippen LogP contribution in [-0.2, 0) is 4.74 Å². The van der Waals surface area contributed by atoms with E-state index in [9.17, 15) is 0 Å². The maximum atomic E-state index is 5.89. The van der Waals surface area contributed by atoms with E-state index >= 15 is 0 Å². The van der Waals surface area contributed by atoms with Gasteiger partial charge in [0.15, 0.2) is 0 Å². The van der Waals surface area contributed by atoms with E-state index in [1.165, 1.54) is 23.1 Å². The van der Waals surface area contributed by atoms with Gasteiger partial charge in [0.2, 0.25) is 0 Å². The molecule has 0 aliphatic carbocycles. The van der Waals surface area contributed by atoms with E-state index in [-0.39, 0.29) is 0 Å². The van der Waals surface area contributed by atoms with Gasteiger partial charge in [0.05, 0.1) is 6.61 Å². The highest BCUT2D eigenvalue weighted by atomic mass is 16.5. The fourth-order valence-corrected chi connectivity index (χ4v) is 2.67. The van der Waals surface area contributed by atoms with E-state index < -0.39 is 0 Å². The molecule has 0 spiro atoms. The minimum absolute atomic E-state index is 0.683. The Labute approximate surface area is 116 Å². The molecule has 1 N–H and O–H groups in total. The first-order valence-electron chi connectivity index (χ1n) is 7.16. The van der Waals surface area contributed by atoms with Gasteiger partial charge in [0.25, 0.3) is 0 Å². The summed E-state index contributed by atoms with van der Waals surface area (Å²) in [7, 11) is 0. The predicted octanol–water partition coefficient (Wildman–Crippen LogP) is 2.62. The summed E-state index contributed by atoms with van der Waals surface area (Å²) in [5.41, 5.74) is 3.74. The Bertz CT molecular complexity index is 388. The molecule has 1 heterocycles. The predicted molar refractivity (Wildman–Crippen MR) is 77.9 cm³/mol. The molecule has 1 fully saturated rings. The molecular formula is C16H25NO2. The van der Waals surface area contributed by atoms with Crippen LogP contribution in [0.1, 0.15) is 23.1 Å². The van der Waals surface area contributed by atoms with E-state index in [1.54, 1.807) is 0 Å². The van der Waals surface area contributed by atoms with Crippen LogP contribution in [0.25, 0.3) is 0 Å². The number of benzene rings is 1. The molecule has 1 aromatic carbocycles. The molecule has 1 saturated heterocycles. The van der Waals surface area contributed by atoms with E-state index in [2.05, 4.69) is 38.2 Å². The number of aryl methyl sites for hydroxylation is 3. The molecule has 1 aliphatic rings. The molecule has 0 amide bonds. The van der Waals surface area contributed by atoms with Crippen LogP contribution in [0.4, 0.5) is 0 Å². The van der Waals surface area contributed by atoms with Crippen molar-refractivity contribution in [1.29, 1.82) is 0 Å². The third-order valence-corrected chi connectivity index (χ3v) is 3.59. The average molecular weight is 263 g/mol. The summed E-state index contributed by atoms with van der Waals surface area (Å²) in [6.45, 7) is 10.8. The minimum atomic E-state index is 0.683. The molecule has 2 rings (SSSR count). The lowest BCUT2D eigenvalue weighted by molar-refractivity contribution is 0.185. The van der Waals surface area contributed by atoms with Crippen molar-refractivity contribution in [3.05, 3.63) is 28.8 Å². The van der Waals surface area contributed by atoms with Gasteiger partial charge in [-0.3, -0.25) is 0 Å². The van der Waals surface area contributed by atoms with Crippen molar-refractivity contribution in [3.8, 4) is 5.75 Å². The Hall–Kier alpha value is -1.06. The van der Waals surface area contributed by atoms with Gasteiger partial charge >= 0.3 is 0 Å². The molecule has 1 aromatic rings. The van der Waals surface area contributed by atoms with Crippen LogP contribution in [0.3, 0.4) is 0 Å². The standard InChI is InChI=1S/C16H25NO2/c1-12-8-13(2)16(14(3)9-12)19-7-5-17-10-15-4-6-18-11-15/h8-9,15,17H,4-7,10-11H2,1-3H3. The molecule has 0 bridgehead atoms. The van der Waals surface area contributed by atoms with Crippen LogP contribution >= 0.6 is 0 Å². The maximum Gasteiger partial charge on any atom is 0.125 e. The second kappa shape index (κ2) is 6.92. The molecule has 1 aliphatic heterocycles. The Morgan fingerprint density at radius 3 is 2.63 bits per heavy atom. The van der Waals surface area contributed by atoms with Crippen molar-refractivity contribution in [3.63, 3.8) is 0 Å². The smallest absolute Gasteiger partial charge is 0.125 e. The summed E-state index contributed by atoms with van der Waals surface area (Å²) in [6.07, 6.45) is 1.18. The van der Waals surface area contributed by atoms with Gasteiger partial charge in [-0.05, 0) is 44.2 Å². The molecule has 1 unspecified atom stereocenters. The molecule has 19 heavy (non-hydrogen) atoms. The molecule has 0 saturated carbocycles. The van der Waals surface area contributed by atoms with Crippen LogP contribution in [-0.4, -0.2) is 32.9 Å². The summed E-state index contributed by atoms with van der Waals surface area (Å²) in [4.78, 5) is 0. The van der Waals surface area contributed by atoms with Crippen LogP contribution < -0.4 is 10.1 Å². The normalized spacial score (nSPS) is 18.8. The monoisotopic (exact) mass is 263 g/mol. The Balaban J connectivity index is 1.70. The molecule has 1 atom stereocenters. The van der Waals surface area contributed by atoms with Crippen LogP contribution in [0, 0.1) is 26.7 Å². The fraction of sp³-hybridized carbons (Fsp3) is 0.625. The Morgan fingerprint density at radius 2 is 2.00 bits per heavy atom. The lowest BCUT2D eigenvalue weighted by Crippen LogP contribution is -2.27. The number of nitrogens with one attached hydrogen (secondary N) is 1.